The molecule has 0 spiro atoms. The number of benzene rings is 2. The Labute approximate surface area is 168 Å². The molecule has 0 amide bonds. The Hall–Kier alpha value is -3.00. The smallest absolute Gasteiger partial charge is 0.463 e. The minimum atomic E-state index is -6.00. The second-order valence-electron chi connectivity index (χ2n) is 5.96. The number of halogens is 5. The first-order valence-corrected chi connectivity index (χ1v) is 8.93. The second-order valence-corrected chi connectivity index (χ2v) is 6.40. The lowest BCUT2D eigenvalue weighted by Gasteiger charge is -2.03. The molecular formula is C20H15BClF4NO2. The van der Waals surface area contributed by atoms with Gasteiger partial charge in [0.25, 0.3) is 0 Å². The normalized spacial score (nSPS) is 12.0. The van der Waals surface area contributed by atoms with Crippen LogP contribution in [0.25, 0.3) is 22.3 Å². The maximum atomic E-state index is 9.75. The fraction of sp³-hybridized carbons (Fsp3) is 0.0500. The molecule has 0 fully saturated rings. The summed E-state index contributed by atoms with van der Waals surface area (Å²) in [6, 6.07) is 21.5. The van der Waals surface area contributed by atoms with Crippen molar-refractivity contribution in [1.82, 2.24) is 0 Å². The van der Waals surface area contributed by atoms with E-state index in [0.29, 0.717) is 11.6 Å². The van der Waals surface area contributed by atoms with Gasteiger partial charge in [-0.15, -0.1) is 0 Å². The standard InChI is InChI=1S/C20H14ClNO2.BF4/c21-15-8-9-19-17(11-15)18(22-13-16-7-4-10-23-16)12-20(24-19)14-5-2-1-3-6-14;2-1(3,4)5/h1-12H,13H2;/q;-1/p+1. The van der Waals surface area contributed by atoms with Gasteiger partial charge in [0.05, 0.1) is 17.7 Å². The van der Waals surface area contributed by atoms with Crippen molar-refractivity contribution < 1.29 is 31.1 Å². The van der Waals surface area contributed by atoms with Crippen LogP contribution in [0.1, 0.15) is 5.76 Å². The zero-order valence-electron chi connectivity index (χ0n) is 14.9. The van der Waals surface area contributed by atoms with Crippen LogP contribution < -0.4 is 10.3 Å². The highest BCUT2D eigenvalue weighted by Gasteiger charge is 2.20. The summed E-state index contributed by atoms with van der Waals surface area (Å²) < 4.78 is 50.5. The molecule has 4 rings (SSSR count). The molecule has 0 saturated heterocycles. The fourth-order valence-electron chi connectivity index (χ4n) is 2.64. The first-order valence-electron chi connectivity index (χ1n) is 8.55. The molecule has 9 heteroatoms. The Balaban J connectivity index is 0.000000431. The van der Waals surface area contributed by atoms with Gasteiger partial charge in [-0.1, -0.05) is 41.9 Å². The molecule has 0 bridgehead atoms. The average molecular weight is 424 g/mol. The van der Waals surface area contributed by atoms with Gasteiger partial charge in [-0.3, -0.25) is 0 Å². The van der Waals surface area contributed by atoms with Crippen LogP contribution in [0.5, 0.6) is 0 Å². The molecule has 3 nitrogen and oxygen atoms in total. The molecular weight excluding hydrogens is 408 g/mol. The van der Waals surface area contributed by atoms with Crippen LogP contribution in [0.2, 0.25) is 5.02 Å². The molecule has 1 N–H and O–H groups in total. The second kappa shape index (κ2) is 9.00. The molecule has 2 aromatic carbocycles. The maximum Gasteiger partial charge on any atom is 0.673 e. The molecule has 0 unspecified atom stereocenters. The molecule has 29 heavy (non-hydrogen) atoms. The Bertz CT molecular complexity index is 1140. The van der Waals surface area contributed by atoms with Crippen molar-refractivity contribution in [1.29, 1.82) is 0 Å². The summed E-state index contributed by atoms with van der Waals surface area (Å²) >= 11 is 6.16. The summed E-state index contributed by atoms with van der Waals surface area (Å²) in [5.74, 6) is 1.67. The van der Waals surface area contributed by atoms with Gasteiger partial charge in [0.15, 0.2) is 12.3 Å². The van der Waals surface area contributed by atoms with E-state index in [2.05, 4.69) is 4.99 Å². The van der Waals surface area contributed by atoms with E-state index in [0.717, 1.165) is 33.4 Å². The van der Waals surface area contributed by atoms with Crippen molar-refractivity contribution in [3.8, 4) is 11.3 Å². The predicted octanol–water partition coefficient (Wildman–Crippen LogP) is 4.83. The number of nitrogens with one attached hydrogen (secondary N) is 1. The number of hydrogen-bond donors (Lipinski definition) is 1. The van der Waals surface area contributed by atoms with E-state index < -0.39 is 7.25 Å². The first kappa shape index (κ1) is 20.7. The van der Waals surface area contributed by atoms with Crippen molar-refractivity contribution >= 4 is 29.8 Å². The van der Waals surface area contributed by atoms with Gasteiger partial charge < -0.3 is 26.1 Å². The van der Waals surface area contributed by atoms with E-state index in [1.807, 2.05) is 66.7 Å². The van der Waals surface area contributed by atoms with Crippen LogP contribution >= 0.6 is 11.6 Å². The SMILES string of the molecule is Clc1ccc2oc(-c3ccccc3)cc(=[NH+]Cc3ccco3)c2c1.F[B-](F)(F)F. The molecule has 0 atom stereocenters. The molecule has 4 aromatic rings. The number of hydrogen-bond acceptors (Lipinski definition) is 2. The Morgan fingerprint density at radius 3 is 2.28 bits per heavy atom. The van der Waals surface area contributed by atoms with Gasteiger partial charge in [0, 0.05) is 10.6 Å². The van der Waals surface area contributed by atoms with E-state index in [1.54, 1.807) is 6.26 Å². The van der Waals surface area contributed by atoms with E-state index in [1.165, 1.54) is 0 Å². The van der Waals surface area contributed by atoms with Gasteiger partial charge in [-0.05, 0) is 30.3 Å². The molecule has 0 aliphatic carbocycles. The minimum absolute atomic E-state index is 0.590. The van der Waals surface area contributed by atoms with Crippen molar-refractivity contribution in [2.75, 3.05) is 0 Å². The van der Waals surface area contributed by atoms with Gasteiger partial charge in [-0.2, -0.15) is 0 Å². The van der Waals surface area contributed by atoms with Crippen molar-refractivity contribution in [3.63, 3.8) is 0 Å². The van der Waals surface area contributed by atoms with Crippen molar-refractivity contribution in [3.05, 3.63) is 89.1 Å². The van der Waals surface area contributed by atoms with E-state index >= 15 is 0 Å². The molecule has 0 radical (unpaired) electrons. The van der Waals surface area contributed by atoms with Gasteiger partial charge in [-0.25, -0.2) is 4.99 Å². The molecule has 150 valence electrons. The highest BCUT2D eigenvalue weighted by Crippen LogP contribution is 2.23. The quantitative estimate of drug-likeness (QED) is 0.379. The van der Waals surface area contributed by atoms with Crippen LogP contribution in [0, 0.1) is 0 Å². The lowest BCUT2D eigenvalue weighted by atomic mass is 10.1. The Morgan fingerprint density at radius 2 is 1.62 bits per heavy atom. The molecule has 2 heterocycles. The van der Waals surface area contributed by atoms with Crippen molar-refractivity contribution in [2.45, 2.75) is 6.54 Å². The summed E-state index contributed by atoms with van der Waals surface area (Å²) in [7, 11) is -6.00. The number of rotatable bonds is 3. The number of fused-ring (bicyclic) bond motifs is 1. The summed E-state index contributed by atoms with van der Waals surface area (Å²) in [6.07, 6.45) is 1.67. The molecule has 2 aromatic heterocycles. The Kier molecular flexibility index (Phi) is 6.44. The van der Waals surface area contributed by atoms with E-state index in [4.69, 9.17) is 20.4 Å². The molecule has 0 aliphatic rings. The van der Waals surface area contributed by atoms with Crippen LogP contribution in [0.15, 0.2) is 81.8 Å². The lowest BCUT2D eigenvalue weighted by Crippen LogP contribution is -2.75. The van der Waals surface area contributed by atoms with Crippen LogP contribution in [-0.2, 0) is 6.54 Å². The number of furan rings is 1. The van der Waals surface area contributed by atoms with Crippen LogP contribution in [-0.4, -0.2) is 7.25 Å². The predicted molar refractivity (Wildman–Crippen MR) is 103 cm³/mol. The topological polar surface area (TPSA) is 40.2 Å². The van der Waals surface area contributed by atoms with Crippen molar-refractivity contribution in [2.24, 2.45) is 0 Å². The monoisotopic (exact) mass is 423 g/mol. The van der Waals surface area contributed by atoms with Gasteiger partial charge in [0.1, 0.15) is 11.3 Å². The average Bonchev–Trinajstić information content (AvgIpc) is 3.19. The summed E-state index contributed by atoms with van der Waals surface area (Å²) in [5.41, 5.74) is 1.80. The summed E-state index contributed by atoms with van der Waals surface area (Å²) in [6.45, 7) is 0.590. The third-order valence-corrected chi connectivity index (χ3v) is 4.05. The highest BCUT2D eigenvalue weighted by molar-refractivity contribution is 6.50. The zero-order valence-corrected chi connectivity index (χ0v) is 15.7. The lowest BCUT2D eigenvalue weighted by molar-refractivity contribution is -0.519. The van der Waals surface area contributed by atoms with Gasteiger partial charge >= 0.3 is 7.25 Å². The summed E-state index contributed by atoms with van der Waals surface area (Å²) in [4.78, 5) is 3.42. The zero-order chi connectivity index (χ0) is 20.9. The molecule has 0 aliphatic heterocycles. The largest absolute Gasteiger partial charge is 0.673 e. The third kappa shape index (κ3) is 6.25. The van der Waals surface area contributed by atoms with Gasteiger partial charge in [0.2, 0.25) is 5.36 Å². The maximum absolute atomic E-state index is 9.75. The van der Waals surface area contributed by atoms with Crippen LogP contribution in [0.4, 0.5) is 17.3 Å². The highest BCUT2D eigenvalue weighted by atomic mass is 35.5. The first-order chi connectivity index (χ1) is 13.8. The van der Waals surface area contributed by atoms with E-state index in [-0.39, 0.29) is 0 Å². The minimum Gasteiger partial charge on any atom is -0.463 e. The fourth-order valence-corrected chi connectivity index (χ4v) is 2.82. The summed E-state index contributed by atoms with van der Waals surface area (Å²) in [5, 5.41) is 2.56. The van der Waals surface area contributed by atoms with E-state index in [9.17, 15) is 17.3 Å². The Morgan fingerprint density at radius 1 is 0.897 bits per heavy atom. The van der Waals surface area contributed by atoms with Crippen LogP contribution in [0.3, 0.4) is 0 Å². The molecule has 0 saturated carbocycles. The third-order valence-electron chi connectivity index (χ3n) is 3.82.